The summed E-state index contributed by atoms with van der Waals surface area (Å²) in [6.07, 6.45) is 2.00. The van der Waals surface area contributed by atoms with Crippen molar-refractivity contribution in [2.75, 3.05) is 17.2 Å². The summed E-state index contributed by atoms with van der Waals surface area (Å²) in [5.74, 6) is -1.60. The Kier molecular flexibility index (Phi) is 6.38. The van der Waals surface area contributed by atoms with Gasteiger partial charge < -0.3 is 26.8 Å². The molecular weight excluding hydrogens is 442 g/mol. The maximum absolute atomic E-state index is 12.4. The van der Waals surface area contributed by atoms with Gasteiger partial charge in [-0.3, -0.25) is 9.59 Å². The minimum absolute atomic E-state index is 0.0556. The zero-order chi connectivity index (χ0) is 23.5. The van der Waals surface area contributed by atoms with Crippen molar-refractivity contribution in [2.45, 2.75) is 25.8 Å². The van der Waals surface area contributed by atoms with Crippen molar-refractivity contribution in [3.05, 3.63) is 58.5 Å². The third-order valence-corrected chi connectivity index (χ3v) is 6.04. The Hall–Kier alpha value is -3.76. The summed E-state index contributed by atoms with van der Waals surface area (Å²) in [6, 6.07) is 12.3. The standard InChI is InChI=1S/C23H23N5O4S/c1-12-5-6-14(21(30)26-15-7-8-15)10-17(12)27-23-28-19(20(33-23)22(31)32)13-3-2-4-16(9-13)25-18(29)11-24/h2-6,9-10,15H,7-8,11,24H2,1H3,(H,25,29)(H,26,30)(H,27,28)(H,31,32). The van der Waals surface area contributed by atoms with E-state index in [0.29, 0.717) is 27.6 Å². The molecule has 1 aromatic heterocycles. The van der Waals surface area contributed by atoms with E-state index in [4.69, 9.17) is 5.73 Å². The van der Waals surface area contributed by atoms with E-state index in [2.05, 4.69) is 20.9 Å². The van der Waals surface area contributed by atoms with Gasteiger partial charge in [0, 0.05) is 28.5 Å². The number of aromatic carboxylic acids is 1. The zero-order valence-electron chi connectivity index (χ0n) is 17.8. The van der Waals surface area contributed by atoms with Crippen LogP contribution in [0.15, 0.2) is 42.5 Å². The van der Waals surface area contributed by atoms with E-state index in [1.54, 1.807) is 36.4 Å². The first-order chi connectivity index (χ1) is 15.8. The van der Waals surface area contributed by atoms with Crippen molar-refractivity contribution in [2.24, 2.45) is 5.73 Å². The lowest BCUT2D eigenvalue weighted by Crippen LogP contribution is -2.25. The first-order valence-electron chi connectivity index (χ1n) is 10.4. The number of aromatic nitrogens is 1. The highest BCUT2D eigenvalue weighted by Gasteiger charge is 2.24. The van der Waals surface area contributed by atoms with Gasteiger partial charge in [-0.25, -0.2) is 9.78 Å². The quantitative estimate of drug-likeness (QED) is 0.343. The second-order valence-electron chi connectivity index (χ2n) is 7.74. The highest BCUT2D eigenvalue weighted by atomic mass is 32.1. The SMILES string of the molecule is Cc1ccc(C(=O)NC2CC2)cc1Nc1nc(-c2cccc(NC(=O)CN)c2)c(C(=O)O)s1. The lowest BCUT2D eigenvalue weighted by Gasteiger charge is -2.10. The Morgan fingerprint density at radius 2 is 1.97 bits per heavy atom. The molecule has 0 unspecified atom stereocenters. The van der Waals surface area contributed by atoms with Crippen LogP contribution in [0.3, 0.4) is 0 Å². The number of nitrogens with two attached hydrogens (primary N) is 1. The van der Waals surface area contributed by atoms with Crippen LogP contribution in [0.2, 0.25) is 0 Å². The van der Waals surface area contributed by atoms with Crippen LogP contribution in [0.25, 0.3) is 11.3 Å². The first-order valence-corrected chi connectivity index (χ1v) is 11.2. The largest absolute Gasteiger partial charge is 0.477 e. The van der Waals surface area contributed by atoms with Crippen LogP contribution in [0.1, 0.15) is 38.4 Å². The number of hydrogen-bond acceptors (Lipinski definition) is 7. The highest BCUT2D eigenvalue weighted by molar-refractivity contribution is 7.18. The van der Waals surface area contributed by atoms with Crippen LogP contribution in [-0.2, 0) is 4.79 Å². The Morgan fingerprint density at radius 3 is 2.67 bits per heavy atom. The summed E-state index contributed by atoms with van der Waals surface area (Å²) in [7, 11) is 0. The Bertz CT molecular complexity index is 1240. The molecule has 0 spiro atoms. The minimum Gasteiger partial charge on any atom is -0.477 e. The topological polar surface area (TPSA) is 146 Å². The first kappa shape index (κ1) is 22.4. The van der Waals surface area contributed by atoms with Crippen molar-refractivity contribution in [1.82, 2.24) is 10.3 Å². The van der Waals surface area contributed by atoms with Gasteiger partial charge in [0.2, 0.25) is 5.91 Å². The summed E-state index contributed by atoms with van der Waals surface area (Å²) in [4.78, 5) is 40.5. The molecule has 9 nitrogen and oxygen atoms in total. The molecule has 0 radical (unpaired) electrons. The second kappa shape index (κ2) is 9.39. The Morgan fingerprint density at radius 1 is 1.18 bits per heavy atom. The predicted molar refractivity (Wildman–Crippen MR) is 127 cm³/mol. The molecule has 0 saturated heterocycles. The maximum Gasteiger partial charge on any atom is 0.348 e. The molecule has 2 aromatic carbocycles. The molecule has 0 aliphatic heterocycles. The van der Waals surface area contributed by atoms with Crippen molar-refractivity contribution in [3.63, 3.8) is 0 Å². The summed E-state index contributed by atoms with van der Waals surface area (Å²) in [5, 5.41) is 18.9. The fraction of sp³-hybridized carbons (Fsp3) is 0.217. The monoisotopic (exact) mass is 465 g/mol. The van der Waals surface area contributed by atoms with Crippen LogP contribution in [0, 0.1) is 6.92 Å². The van der Waals surface area contributed by atoms with Crippen LogP contribution >= 0.6 is 11.3 Å². The molecule has 1 heterocycles. The van der Waals surface area contributed by atoms with Gasteiger partial charge in [0.25, 0.3) is 5.91 Å². The fourth-order valence-corrected chi connectivity index (χ4v) is 4.02. The van der Waals surface area contributed by atoms with Gasteiger partial charge in [-0.15, -0.1) is 0 Å². The number of carbonyl (C=O) groups excluding carboxylic acids is 2. The number of nitrogens with zero attached hydrogens (tertiary/aromatic N) is 1. The van der Waals surface area contributed by atoms with Gasteiger partial charge in [-0.1, -0.05) is 29.5 Å². The van der Waals surface area contributed by atoms with Crippen molar-refractivity contribution >= 4 is 45.6 Å². The molecule has 1 aliphatic rings. The molecule has 1 aliphatic carbocycles. The number of carboxylic acids is 1. The molecule has 6 N–H and O–H groups in total. The summed E-state index contributed by atoms with van der Waals surface area (Å²) in [5.41, 5.74) is 8.73. The van der Waals surface area contributed by atoms with Crippen LogP contribution in [0.4, 0.5) is 16.5 Å². The van der Waals surface area contributed by atoms with Gasteiger partial charge in [0.15, 0.2) is 5.13 Å². The molecule has 2 amide bonds. The normalized spacial score (nSPS) is 12.8. The molecule has 10 heteroatoms. The summed E-state index contributed by atoms with van der Waals surface area (Å²) in [6.45, 7) is 1.73. The molecule has 33 heavy (non-hydrogen) atoms. The summed E-state index contributed by atoms with van der Waals surface area (Å²) >= 11 is 0.995. The predicted octanol–water partition coefficient (Wildman–Crippen LogP) is 3.35. The number of hydrogen-bond donors (Lipinski definition) is 5. The summed E-state index contributed by atoms with van der Waals surface area (Å²) < 4.78 is 0. The molecule has 0 bridgehead atoms. The van der Waals surface area contributed by atoms with Crippen LogP contribution in [-0.4, -0.2) is 40.5 Å². The van der Waals surface area contributed by atoms with E-state index in [9.17, 15) is 19.5 Å². The minimum atomic E-state index is -1.11. The van der Waals surface area contributed by atoms with Gasteiger partial charge in [0.1, 0.15) is 4.88 Å². The van der Waals surface area contributed by atoms with Gasteiger partial charge in [-0.05, 0) is 49.6 Å². The van der Waals surface area contributed by atoms with Crippen molar-refractivity contribution in [3.8, 4) is 11.3 Å². The van der Waals surface area contributed by atoms with Gasteiger partial charge >= 0.3 is 5.97 Å². The van der Waals surface area contributed by atoms with E-state index < -0.39 is 5.97 Å². The average molecular weight is 466 g/mol. The number of aryl methyl sites for hydroxylation is 1. The molecule has 0 atom stereocenters. The molecule has 1 saturated carbocycles. The molecule has 3 aromatic rings. The van der Waals surface area contributed by atoms with Crippen LogP contribution < -0.4 is 21.7 Å². The van der Waals surface area contributed by atoms with Crippen LogP contribution in [0.5, 0.6) is 0 Å². The third-order valence-electron chi connectivity index (χ3n) is 5.08. The lowest BCUT2D eigenvalue weighted by atomic mass is 10.1. The number of rotatable bonds is 8. The van der Waals surface area contributed by atoms with E-state index in [1.807, 2.05) is 13.0 Å². The number of thiazole rings is 1. The fourth-order valence-electron chi connectivity index (χ4n) is 3.18. The second-order valence-corrected chi connectivity index (χ2v) is 8.74. The molecule has 4 rings (SSSR count). The number of carboxylic acid groups (broad SMARTS) is 1. The molecular formula is C23H23N5O4S. The molecule has 170 valence electrons. The lowest BCUT2D eigenvalue weighted by molar-refractivity contribution is -0.114. The highest BCUT2D eigenvalue weighted by Crippen LogP contribution is 2.34. The van der Waals surface area contributed by atoms with E-state index in [-0.39, 0.29) is 35.0 Å². The van der Waals surface area contributed by atoms with E-state index in [1.165, 1.54) is 0 Å². The number of carbonyl (C=O) groups is 3. The smallest absolute Gasteiger partial charge is 0.348 e. The Labute approximate surface area is 194 Å². The Balaban J connectivity index is 1.62. The van der Waals surface area contributed by atoms with Gasteiger partial charge in [-0.2, -0.15) is 0 Å². The maximum atomic E-state index is 12.4. The van der Waals surface area contributed by atoms with Crippen molar-refractivity contribution in [1.29, 1.82) is 0 Å². The number of nitrogens with one attached hydrogen (secondary N) is 3. The van der Waals surface area contributed by atoms with E-state index >= 15 is 0 Å². The third kappa shape index (κ3) is 5.36. The average Bonchev–Trinajstić information content (AvgIpc) is 3.50. The zero-order valence-corrected chi connectivity index (χ0v) is 18.7. The number of benzene rings is 2. The molecule has 1 fully saturated rings. The van der Waals surface area contributed by atoms with E-state index in [0.717, 1.165) is 29.7 Å². The van der Waals surface area contributed by atoms with Crippen molar-refractivity contribution < 1.29 is 19.5 Å². The number of anilines is 3. The number of amides is 2. The van der Waals surface area contributed by atoms with Gasteiger partial charge in [0.05, 0.1) is 12.2 Å².